The predicted octanol–water partition coefficient (Wildman–Crippen LogP) is 1.62. The first-order chi connectivity index (χ1) is 9.50. The molecule has 1 aromatic rings. The van der Waals surface area contributed by atoms with Crippen molar-refractivity contribution < 1.29 is 4.21 Å². The summed E-state index contributed by atoms with van der Waals surface area (Å²) in [6.07, 6.45) is 6.22. The smallest absolute Gasteiger partial charge is 0.297 e. The van der Waals surface area contributed by atoms with Crippen LogP contribution in [0.1, 0.15) is 43.6 Å². The van der Waals surface area contributed by atoms with E-state index in [4.69, 9.17) is 11.6 Å². The van der Waals surface area contributed by atoms with E-state index < -0.39 is 16.5 Å². The maximum absolute atomic E-state index is 12.5. The normalized spacial score (nSPS) is 17.5. The molecule has 0 amide bonds. The number of nitrogens with one attached hydrogen (secondary N) is 1. The van der Waals surface area contributed by atoms with E-state index in [1.54, 1.807) is 6.26 Å². The zero-order valence-electron chi connectivity index (χ0n) is 11.5. The largest absolute Gasteiger partial charge is 0.329 e. The summed E-state index contributed by atoms with van der Waals surface area (Å²) in [5.41, 5.74) is -0.224. The number of halogens is 1. The summed E-state index contributed by atoms with van der Waals surface area (Å²) in [6.45, 7) is 0.282. The van der Waals surface area contributed by atoms with Crippen molar-refractivity contribution in [2.75, 3.05) is 12.0 Å². The van der Waals surface area contributed by atoms with Gasteiger partial charge in [-0.1, -0.05) is 24.4 Å². The van der Waals surface area contributed by atoms with Gasteiger partial charge in [-0.05, 0) is 25.2 Å². The molecule has 1 aromatic heterocycles. The highest BCUT2D eigenvalue weighted by molar-refractivity contribution is 7.84. The highest BCUT2D eigenvalue weighted by Crippen LogP contribution is 2.34. The fourth-order valence-electron chi connectivity index (χ4n) is 2.76. The first-order valence-corrected chi connectivity index (χ1v) is 8.93. The van der Waals surface area contributed by atoms with Gasteiger partial charge in [-0.3, -0.25) is 18.6 Å². The Kier molecular flexibility index (Phi) is 5.21. The van der Waals surface area contributed by atoms with Crippen LogP contribution in [0.15, 0.2) is 9.59 Å². The van der Waals surface area contributed by atoms with Crippen molar-refractivity contribution in [1.82, 2.24) is 9.55 Å². The quantitative estimate of drug-likeness (QED) is 0.838. The van der Waals surface area contributed by atoms with Crippen molar-refractivity contribution >= 4 is 22.4 Å². The molecule has 0 spiro atoms. The molecular weight excluding hydrogens is 300 g/mol. The first-order valence-electron chi connectivity index (χ1n) is 6.83. The molecule has 1 heterocycles. The molecule has 1 aliphatic rings. The number of H-pyrrole nitrogens is 1. The second-order valence-electron chi connectivity index (χ2n) is 5.23. The number of aromatic amines is 1. The van der Waals surface area contributed by atoms with Crippen LogP contribution < -0.4 is 11.2 Å². The van der Waals surface area contributed by atoms with Crippen LogP contribution in [0, 0.1) is 0 Å². The number of hydrogen-bond donors (Lipinski definition) is 1. The average molecular weight is 319 g/mol. The molecule has 1 N–H and O–H groups in total. The van der Waals surface area contributed by atoms with Crippen LogP contribution in [0.2, 0.25) is 5.15 Å². The monoisotopic (exact) mass is 318 g/mol. The lowest BCUT2D eigenvalue weighted by molar-refractivity contribution is 0.589. The Balaban J connectivity index is 2.32. The van der Waals surface area contributed by atoms with E-state index in [2.05, 4.69) is 4.98 Å². The van der Waals surface area contributed by atoms with Crippen LogP contribution in [0.4, 0.5) is 0 Å². The van der Waals surface area contributed by atoms with E-state index in [0.29, 0.717) is 17.7 Å². The Morgan fingerprint density at radius 1 is 1.35 bits per heavy atom. The van der Waals surface area contributed by atoms with Gasteiger partial charge in [0.25, 0.3) is 5.56 Å². The summed E-state index contributed by atoms with van der Waals surface area (Å²) in [7, 11) is -0.918. The molecule has 7 heteroatoms. The number of hydrogen-bond acceptors (Lipinski definition) is 3. The predicted molar refractivity (Wildman–Crippen MR) is 81.1 cm³/mol. The molecule has 0 radical (unpaired) electrons. The maximum atomic E-state index is 12.5. The highest BCUT2D eigenvalue weighted by Gasteiger charge is 2.24. The third-order valence-electron chi connectivity index (χ3n) is 3.75. The third kappa shape index (κ3) is 3.41. The topological polar surface area (TPSA) is 71.9 Å². The second kappa shape index (κ2) is 6.72. The van der Waals surface area contributed by atoms with Crippen molar-refractivity contribution in [1.29, 1.82) is 0 Å². The molecule has 0 aromatic carbocycles. The zero-order chi connectivity index (χ0) is 14.7. The van der Waals surface area contributed by atoms with Gasteiger partial charge in [0.2, 0.25) is 0 Å². The Morgan fingerprint density at radius 2 is 2.00 bits per heavy atom. The molecule has 1 unspecified atom stereocenters. The Morgan fingerprint density at radius 3 is 2.60 bits per heavy atom. The molecule has 0 saturated heterocycles. The van der Waals surface area contributed by atoms with Crippen LogP contribution in [-0.4, -0.2) is 25.8 Å². The SMILES string of the molecule is CS(=O)CCCn1c(=O)[nH]c(Cl)c(C2CCCC2)c1=O. The lowest BCUT2D eigenvalue weighted by Gasteiger charge is -2.13. The standard InChI is InChI=1S/C13H19ClN2O3S/c1-20(19)8-4-7-16-12(17)10(9-5-2-3-6-9)11(14)15-13(16)18/h9H,2-8H2,1H3,(H,15,18). The van der Waals surface area contributed by atoms with E-state index in [9.17, 15) is 13.8 Å². The van der Waals surface area contributed by atoms with E-state index in [1.807, 2.05) is 0 Å². The van der Waals surface area contributed by atoms with Crippen molar-refractivity contribution in [2.45, 2.75) is 44.6 Å². The molecule has 1 atom stereocenters. The van der Waals surface area contributed by atoms with Gasteiger partial charge < -0.3 is 0 Å². The molecule has 112 valence electrons. The maximum Gasteiger partial charge on any atom is 0.329 e. The molecule has 2 rings (SSSR count). The molecule has 1 saturated carbocycles. The molecule has 20 heavy (non-hydrogen) atoms. The van der Waals surface area contributed by atoms with Crippen LogP contribution in [-0.2, 0) is 17.3 Å². The molecule has 5 nitrogen and oxygen atoms in total. The number of rotatable bonds is 5. The van der Waals surface area contributed by atoms with Gasteiger partial charge in [0, 0.05) is 29.4 Å². The van der Waals surface area contributed by atoms with Gasteiger partial charge in [-0.2, -0.15) is 0 Å². The molecular formula is C13H19ClN2O3S. The molecule has 1 fully saturated rings. The summed E-state index contributed by atoms with van der Waals surface area (Å²) < 4.78 is 12.2. The first kappa shape index (κ1) is 15.5. The molecule has 1 aliphatic carbocycles. The van der Waals surface area contributed by atoms with Crippen molar-refractivity contribution in [3.05, 3.63) is 31.6 Å². The summed E-state index contributed by atoms with van der Waals surface area (Å²) in [4.78, 5) is 26.9. The van der Waals surface area contributed by atoms with Gasteiger partial charge in [0.1, 0.15) is 5.15 Å². The van der Waals surface area contributed by atoms with Crippen molar-refractivity contribution in [3.8, 4) is 0 Å². The lowest BCUT2D eigenvalue weighted by atomic mass is 10.0. The number of aromatic nitrogens is 2. The number of nitrogens with zero attached hydrogens (tertiary/aromatic N) is 1. The second-order valence-corrected chi connectivity index (χ2v) is 7.16. The highest BCUT2D eigenvalue weighted by atomic mass is 35.5. The van der Waals surface area contributed by atoms with E-state index in [-0.39, 0.29) is 23.2 Å². The van der Waals surface area contributed by atoms with Gasteiger partial charge in [0.15, 0.2) is 0 Å². The average Bonchev–Trinajstić information content (AvgIpc) is 2.86. The summed E-state index contributed by atoms with van der Waals surface area (Å²) in [5, 5.41) is 0.183. The summed E-state index contributed by atoms with van der Waals surface area (Å²) in [5.74, 6) is 0.631. The molecule has 0 bridgehead atoms. The van der Waals surface area contributed by atoms with Gasteiger partial charge >= 0.3 is 5.69 Å². The van der Waals surface area contributed by atoms with Crippen LogP contribution in [0.3, 0.4) is 0 Å². The van der Waals surface area contributed by atoms with Crippen molar-refractivity contribution in [3.63, 3.8) is 0 Å². The fraction of sp³-hybridized carbons (Fsp3) is 0.692. The van der Waals surface area contributed by atoms with Crippen LogP contribution >= 0.6 is 11.6 Å². The summed E-state index contributed by atoms with van der Waals surface area (Å²) in [6, 6.07) is 0. The lowest BCUT2D eigenvalue weighted by Crippen LogP contribution is -2.38. The minimum atomic E-state index is -0.918. The van der Waals surface area contributed by atoms with E-state index in [1.165, 1.54) is 4.57 Å². The Bertz CT molecular complexity index is 617. The Hall–Kier alpha value is -0.880. The minimum absolute atomic E-state index is 0.151. The zero-order valence-corrected chi connectivity index (χ0v) is 13.1. The van der Waals surface area contributed by atoms with E-state index in [0.717, 1.165) is 25.7 Å². The molecule has 0 aliphatic heterocycles. The third-order valence-corrected chi connectivity index (χ3v) is 4.91. The van der Waals surface area contributed by atoms with Crippen LogP contribution in [0.5, 0.6) is 0 Å². The van der Waals surface area contributed by atoms with Crippen LogP contribution in [0.25, 0.3) is 0 Å². The fourth-order valence-corrected chi connectivity index (χ4v) is 3.61. The van der Waals surface area contributed by atoms with Crippen molar-refractivity contribution in [2.24, 2.45) is 0 Å². The Labute approximate surface area is 124 Å². The van der Waals surface area contributed by atoms with Gasteiger partial charge in [0.05, 0.1) is 5.56 Å². The van der Waals surface area contributed by atoms with E-state index >= 15 is 0 Å². The van der Waals surface area contributed by atoms with Gasteiger partial charge in [-0.15, -0.1) is 0 Å². The summed E-state index contributed by atoms with van der Waals surface area (Å²) >= 11 is 6.05. The van der Waals surface area contributed by atoms with Gasteiger partial charge in [-0.25, -0.2) is 4.79 Å². The minimum Gasteiger partial charge on any atom is -0.297 e.